The molecule has 2 aliphatic rings. The summed E-state index contributed by atoms with van der Waals surface area (Å²) in [7, 11) is 0. The first-order valence-corrected chi connectivity index (χ1v) is 8.09. The molecule has 1 saturated carbocycles. The van der Waals surface area contributed by atoms with Gasteiger partial charge in [-0.3, -0.25) is 4.90 Å². The number of hydrogen-bond acceptors (Lipinski definition) is 4. The molecular formula is C17H20FN3O. The third kappa shape index (κ3) is 2.90. The quantitative estimate of drug-likeness (QED) is 0.867. The van der Waals surface area contributed by atoms with Crippen LogP contribution in [0.15, 0.2) is 28.8 Å². The first-order valence-electron chi connectivity index (χ1n) is 8.09. The standard InChI is InChI=1S/C17H20FN3O/c18-15-6-2-1-4-13(15)10-21-9-3-5-14(11-21)16-19-17(22-20-16)12-7-8-12/h1-2,4,6,12,14H,3,5,7-11H2. The Kier molecular flexibility index (Phi) is 3.66. The van der Waals surface area contributed by atoms with E-state index in [1.807, 2.05) is 12.1 Å². The molecule has 0 bridgehead atoms. The van der Waals surface area contributed by atoms with Crippen LogP contribution in [0.5, 0.6) is 0 Å². The molecule has 1 aliphatic carbocycles. The summed E-state index contributed by atoms with van der Waals surface area (Å²) in [6.45, 7) is 2.52. The van der Waals surface area contributed by atoms with Crippen LogP contribution in [0.25, 0.3) is 0 Å². The molecule has 1 saturated heterocycles. The lowest BCUT2D eigenvalue weighted by Gasteiger charge is -2.31. The second-order valence-corrected chi connectivity index (χ2v) is 6.43. The zero-order valence-corrected chi connectivity index (χ0v) is 12.5. The summed E-state index contributed by atoms with van der Waals surface area (Å²) in [5, 5.41) is 4.17. The molecule has 1 unspecified atom stereocenters. The Morgan fingerprint density at radius 2 is 2.05 bits per heavy atom. The van der Waals surface area contributed by atoms with E-state index in [-0.39, 0.29) is 5.82 Å². The third-order valence-electron chi connectivity index (χ3n) is 4.61. The van der Waals surface area contributed by atoms with Gasteiger partial charge in [0.1, 0.15) is 5.82 Å². The number of benzene rings is 1. The van der Waals surface area contributed by atoms with Crippen LogP contribution < -0.4 is 0 Å². The van der Waals surface area contributed by atoms with Gasteiger partial charge in [0.2, 0.25) is 5.89 Å². The van der Waals surface area contributed by atoms with E-state index < -0.39 is 0 Å². The van der Waals surface area contributed by atoms with E-state index in [2.05, 4.69) is 15.0 Å². The van der Waals surface area contributed by atoms with E-state index in [9.17, 15) is 4.39 Å². The maximum absolute atomic E-state index is 13.8. The first-order chi connectivity index (χ1) is 10.8. The molecule has 4 rings (SSSR count). The summed E-state index contributed by atoms with van der Waals surface area (Å²) in [5.41, 5.74) is 0.759. The molecule has 1 aromatic carbocycles. The minimum absolute atomic E-state index is 0.125. The monoisotopic (exact) mass is 301 g/mol. The van der Waals surface area contributed by atoms with Crippen LogP contribution in [-0.4, -0.2) is 28.1 Å². The molecular weight excluding hydrogens is 281 g/mol. The van der Waals surface area contributed by atoms with Crippen molar-refractivity contribution >= 4 is 0 Å². The lowest BCUT2D eigenvalue weighted by molar-refractivity contribution is 0.192. The second-order valence-electron chi connectivity index (χ2n) is 6.43. The molecule has 116 valence electrons. The summed E-state index contributed by atoms with van der Waals surface area (Å²) >= 11 is 0. The molecule has 1 atom stereocenters. The Bertz CT molecular complexity index is 653. The van der Waals surface area contributed by atoms with Crippen molar-refractivity contribution in [2.24, 2.45) is 0 Å². The fourth-order valence-corrected chi connectivity index (χ4v) is 3.19. The Morgan fingerprint density at radius 3 is 2.86 bits per heavy atom. The number of aromatic nitrogens is 2. The third-order valence-corrected chi connectivity index (χ3v) is 4.61. The molecule has 4 nitrogen and oxygen atoms in total. The van der Waals surface area contributed by atoms with E-state index in [1.165, 1.54) is 18.9 Å². The van der Waals surface area contributed by atoms with Gasteiger partial charge in [0.15, 0.2) is 5.82 Å². The zero-order chi connectivity index (χ0) is 14.9. The number of nitrogens with zero attached hydrogens (tertiary/aromatic N) is 3. The smallest absolute Gasteiger partial charge is 0.229 e. The molecule has 1 aromatic heterocycles. The van der Waals surface area contributed by atoms with Crippen LogP contribution in [-0.2, 0) is 6.54 Å². The maximum Gasteiger partial charge on any atom is 0.229 e. The summed E-state index contributed by atoms with van der Waals surface area (Å²) in [4.78, 5) is 6.87. The van der Waals surface area contributed by atoms with Gasteiger partial charge in [0.25, 0.3) is 0 Å². The number of rotatable bonds is 4. The molecule has 5 heteroatoms. The molecule has 2 aromatic rings. The predicted molar refractivity (Wildman–Crippen MR) is 79.9 cm³/mol. The largest absolute Gasteiger partial charge is 0.339 e. The molecule has 0 radical (unpaired) electrons. The van der Waals surface area contributed by atoms with Gasteiger partial charge >= 0.3 is 0 Å². The summed E-state index contributed by atoms with van der Waals surface area (Å²) in [5.74, 6) is 2.32. The van der Waals surface area contributed by atoms with Crippen LogP contribution in [0.3, 0.4) is 0 Å². The average Bonchev–Trinajstić information content (AvgIpc) is 3.27. The molecule has 1 aliphatic heterocycles. The Hall–Kier alpha value is -1.75. The van der Waals surface area contributed by atoms with E-state index in [0.717, 1.165) is 43.2 Å². The average molecular weight is 301 g/mol. The van der Waals surface area contributed by atoms with E-state index in [0.29, 0.717) is 18.4 Å². The number of hydrogen-bond donors (Lipinski definition) is 0. The summed E-state index contributed by atoms with van der Waals surface area (Å²) in [6, 6.07) is 7.01. The molecule has 22 heavy (non-hydrogen) atoms. The highest BCUT2D eigenvalue weighted by Crippen LogP contribution is 2.39. The zero-order valence-electron chi connectivity index (χ0n) is 12.5. The van der Waals surface area contributed by atoms with Gasteiger partial charge in [-0.1, -0.05) is 23.4 Å². The van der Waals surface area contributed by atoms with Gasteiger partial charge in [-0.15, -0.1) is 0 Å². The van der Waals surface area contributed by atoms with Crippen molar-refractivity contribution in [3.63, 3.8) is 0 Å². The predicted octanol–water partition coefficient (Wildman–Crippen LogP) is 3.47. The van der Waals surface area contributed by atoms with E-state index in [4.69, 9.17) is 4.52 Å². The fraction of sp³-hybridized carbons (Fsp3) is 0.529. The number of piperidine rings is 1. The van der Waals surface area contributed by atoms with Crippen molar-refractivity contribution in [3.05, 3.63) is 47.4 Å². The second kappa shape index (κ2) is 5.80. The van der Waals surface area contributed by atoms with Crippen molar-refractivity contribution in [2.45, 2.75) is 44.1 Å². The number of likely N-dealkylation sites (tertiary alicyclic amines) is 1. The van der Waals surface area contributed by atoms with Crippen LogP contribution in [0.1, 0.15) is 54.8 Å². The Morgan fingerprint density at radius 1 is 1.18 bits per heavy atom. The van der Waals surface area contributed by atoms with Gasteiger partial charge in [0, 0.05) is 30.5 Å². The molecule has 2 heterocycles. The van der Waals surface area contributed by atoms with Crippen LogP contribution >= 0.6 is 0 Å². The highest BCUT2D eigenvalue weighted by Gasteiger charge is 2.32. The minimum Gasteiger partial charge on any atom is -0.339 e. The van der Waals surface area contributed by atoms with Crippen molar-refractivity contribution in [2.75, 3.05) is 13.1 Å². The highest BCUT2D eigenvalue weighted by molar-refractivity contribution is 5.17. The van der Waals surface area contributed by atoms with Crippen molar-refractivity contribution in [1.82, 2.24) is 15.0 Å². The Labute approximate surface area is 129 Å². The lowest BCUT2D eigenvalue weighted by atomic mass is 9.97. The van der Waals surface area contributed by atoms with Gasteiger partial charge < -0.3 is 4.52 Å². The lowest BCUT2D eigenvalue weighted by Crippen LogP contribution is -2.34. The SMILES string of the molecule is Fc1ccccc1CN1CCCC(c2noc(C3CC3)n2)C1. The summed E-state index contributed by atoms with van der Waals surface area (Å²) < 4.78 is 19.2. The van der Waals surface area contributed by atoms with Crippen molar-refractivity contribution in [3.8, 4) is 0 Å². The van der Waals surface area contributed by atoms with Crippen LogP contribution in [0, 0.1) is 5.82 Å². The molecule has 0 amide bonds. The Balaban J connectivity index is 1.43. The van der Waals surface area contributed by atoms with Crippen molar-refractivity contribution in [1.29, 1.82) is 0 Å². The topological polar surface area (TPSA) is 42.2 Å². The van der Waals surface area contributed by atoms with E-state index >= 15 is 0 Å². The summed E-state index contributed by atoms with van der Waals surface area (Å²) in [6.07, 6.45) is 4.52. The highest BCUT2D eigenvalue weighted by atomic mass is 19.1. The maximum atomic E-state index is 13.8. The van der Waals surface area contributed by atoms with Gasteiger partial charge in [-0.05, 0) is 38.3 Å². The van der Waals surface area contributed by atoms with Crippen molar-refractivity contribution < 1.29 is 8.91 Å². The molecule has 0 spiro atoms. The first kappa shape index (κ1) is 13.9. The van der Waals surface area contributed by atoms with Crippen LogP contribution in [0.2, 0.25) is 0 Å². The number of halogens is 1. The van der Waals surface area contributed by atoms with Gasteiger partial charge in [-0.2, -0.15) is 4.98 Å². The normalized spacial score (nSPS) is 22.9. The molecule has 0 N–H and O–H groups in total. The fourth-order valence-electron chi connectivity index (χ4n) is 3.19. The van der Waals surface area contributed by atoms with E-state index in [1.54, 1.807) is 6.07 Å². The van der Waals surface area contributed by atoms with Crippen LogP contribution in [0.4, 0.5) is 4.39 Å². The minimum atomic E-state index is -0.125. The van der Waals surface area contributed by atoms with Gasteiger partial charge in [-0.25, -0.2) is 4.39 Å². The molecule has 2 fully saturated rings. The van der Waals surface area contributed by atoms with Gasteiger partial charge in [0.05, 0.1) is 0 Å².